The van der Waals surface area contributed by atoms with E-state index < -0.39 is 0 Å². The summed E-state index contributed by atoms with van der Waals surface area (Å²) in [4.78, 5) is 12.1. The minimum absolute atomic E-state index is 0.166. The van der Waals surface area contributed by atoms with Crippen LogP contribution in [0.3, 0.4) is 0 Å². The molecule has 1 amide bonds. The lowest BCUT2D eigenvalue weighted by molar-refractivity contribution is 0.102. The van der Waals surface area contributed by atoms with Gasteiger partial charge in [-0.05, 0) is 32.9 Å². The summed E-state index contributed by atoms with van der Waals surface area (Å²) >= 11 is 0. The molecule has 3 heterocycles. The number of piperidine rings is 1. The van der Waals surface area contributed by atoms with Gasteiger partial charge in [-0.25, -0.2) is 0 Å². The molecule has 3 rings (SSSR count). The van der Waals surface area contributed by atoms with E-state index in [0.717, 1.165) is 31.6 Å². The van der Waals surface area contributed by atoms with Crippen LogP contribution in [0.2, 0.25) is 0 Å². The molecule has 7 heteroatoms. The Morgan fingerprint density at radius 2 is 2.20 bits per heavy atom. The van der Waals surface area contributed by atoms with Gasteiger partial charge < -0.3 is 10.6 Å². The van der Waals surface area contributed by atoms with Crippen LogP contribution in [0.15, 0.2) is 18.6 Å². The molecule has 0 bridgehead atoms. The van der Waals surface area contributed by atoms with E-state index in [4.69, 9.17) is 0 Å². The topological polar surface area (TPSA) is 87.6 Å². The molecule has 0 radical (unpaired) electrons. The van der Waals surface area contributed by atoms with Crippen molar-refractivity contribution in [2.75, 3.05) is 18.4 Å². The Balaban J connectivity index is 1.68. The summed E-state index contributed by atoms with van der Waals surface area (Å²) < 4.78 is 1.94. The molecule has 1 fully saturated rings. The monoisotopic (exact) mass is 274 g/mol. The predicted molar refractivity (Wildman–Crippen MR) is 74.6 cm³/mol. The van der Waals surface area contributed by atoms with Crippen LogP contribution in [0.4, 0.5) is 5.69 Å². The minimum Gasteiger partial charge on any atom is -0.319 e. The summed E-state index contributed by atoms with van der Waals surface area (Å²) in [5.74, 6) is -0.166. The minimum atomic E-state index is -0.166. The number of rotatable bonds is 3. The molecule has 3 N–H and O–H groups in total. The van der Waals surface area contributed by atoms with Gasteiger partial charge >= 0.3 is 0 Å². The van der Waals surface area contributed by atoms with Gasteiger partial charge in [0.25, 0.3) is 5.91 Å². The Hall–Kier alpha value is -2.15. The van der Waals surface area contributed by atoms with Crippen molar-refractivity contribution in [2.45, 2.75) is 25.8 Å². The van der Waals surface area contributed by atoms with Gasteiger partial charge in [-0.15, -0.1) is 0 Å². The van der Waals surface area contributed by atoms with Crippen molar-refractivity contribution in [1.82, 2.24) is 25.3 Å². The highest BCUT2D eigenvalue weighted by molar-refractivity contribution is 6.04. The maximum Gasteiger partial charge on any atom is 0.259 e. The third kappa shape index (κ3) is 2.57. The molecule has 2 aromatic rings. The number of aromatic amines is 1. The number of carbonyl (C=O) groups excluding carboxylic acids is 1. The second-order valence-electron chi connectivity index (χ2n) is 5.05. The second kappa shape index (κ2) is 5.46. The number of anilines is 1. The van der Waals surface area contributed by atoms with Crippen LogP contribution in [0, 0.1) is 6.92 Å². The third-order valence-corrected chi connectivity index (χ3v) is 3.62. The average Bonchev–Trinajstić information content (AvgIpc) is 3.09. The van der Waals surface area contributed by atoms with Crippen molar-refractivity contribution >= 4 is 11.6 Å². The molecular formula is C13H18N6O. The van der Waals surface area contributed by atoms with Crippen molar-refractivity contribution in [1.29, 1.82) is 0 Å². The van der Waals surface area contributed by atoms with Crippen LogP contribution < -0.4 is 10.6 Å². The molecular weight excluding hydrogens is 256 g/mol. The molecule has 1 saturated heterocycles. The fourth-order valence-corrected chi connectivity index (χ4v) is 2.45. The Kier molecular flexibility index (Phi) is 3.51. The van der Waals surface area contributed by atoms with E-state index in [0.29, 0.717) is 17.3 Å². The lowest BCUT2D eigenvalue weighted by Crippen LogP contribution is -2.29. The van der Waals surface area contributed by atoms with Crippen LogP contribution in [0.25, 0.3) is 0 Å². The van der Waals surface area contributed by atoms with E-state index in [1.54, 1.807) is 6.20 Å². The van der Waals surface area contributed by atoms with Crippen LogP contribution in [0.5, 0.6) is 0 Å². The number of hydrogen-bond donors (Lipinski definition) is 3. The SMILES string of the molecule is Cc1[nH]ncc1C(=O)Nc1cnn(C2CCNCC2)c1. The van der Waals surface area contributed by atoms with Gasteiger partial charge in [0.05, 0.1) is 29.7 Å². The standard InChI is InChI=1S/C13H18N6O/c1-9-12(7-15-18-9)13(20)17-10-6-16-19(8-10)11-2-4-14-5-3-11/h6-8,11,14H,2-5H2,1H3,(H,15,18)(H,17,20). The first kappa shape index (κ1) is 12.9. The van der Waals surface area contributed by atoms with Crippen LogP contribution in [-0.2, 0) is 0 Å². The molecule has 2 aromatic heterocycles. The summed E-state index contributed by atoms with van der Waals surface area (Å²) in [5, 5.41) is 17.1. The van der Waals surface area contributed by atoms with Gasteiger partial charge in [-0.1, -0.05) is 0 Å². The van der Waals surface area contributed by atoms with Gasteiger partial charge in [-0.2, -0.15) is 10.2 Å². The third-order valence-electron chi connectivity index (χ3n) is 3.62. The molecule has 0 unspecified atom stereocenters. The van der Waals surface area contributed by atoms with Crippen molar-refractivity contribution < 1.29 is 4.79 Å². The summed E-state index contributed by atoms with van der Waals surface area (Å²) in [6, 6.07) is 0.414. The van der Waals surface area contributed by atoms with Crippen LogP contribution >= 0.6 is 0 Å². The average molecular weight is 274 g/mol. The lowest BCUT2D eigenvalue weighted by Gasteiger charge is -2.22. The Bertz CT molecular complexity index is 596. The largest absolute Gasteiger partial charge is 0.319 e. The number of H-pyrrole nitrogens is 1. The Morgan fingerprint density at radius 3 is 2.90 bits per heavy atom. The first-order valence-electron chi connectivity index (χ1n) is 6.80. The van der Waals surface area contributed by atoms with Crippen molar-refractivity contribution in [3.05, 3.63) is 29.8 Å². The number of aryl methyl sites for hydroxylation is 1. The highest BCUT2D eigenvalue weighted by atomic mass is 16.1. The molecule has 7 nitrogen and oxygen atoms in total. The van der Waals surface area contributed by atoms with E-state index in [2.05, 4.69) is 25.9 Å². The lowest BCUT2D eigenvalue weighted by atomic mass is 10.1. The summed E-state index contributed by atoms with van der Waals surface area (Å²) in [5.41, 5.74) is 2.03. The van der Waals surface area contributed by atoms with Crippen molar-refractivity contribution in [2.24, 2.45) is 0 Å². The maximum atomic E-state index is 12.1. The smallest absolute Gasteiger partial charge is 0.259 e. The van der Waals surface area contributed by atoms with Crippen molar-refractivity contribution in [3.8, 4) is 0 Å². The van der Waals surface area contributed by atoms with Gasteiger partial charge in [-0.3, -0.25) is 14.6 Å². The summed E-state index contributed by atoms with van der Waals surface area (Å²) in [6.45, 7) is 3.85. The molecule has 1 aliphatic rings. The molecule has 0 aromatic carbocycles. The maximum absolute atomic E-state index is 12.1. The van der Waals surface area contributed by atoms with Crippen molar-refractivity contribution in [3.63, 3.8) is 0 Å². The molecule has 1 aliphatic heterocycles. The van der Waals surface area contributed by atoms with Crippen LogP contribution in [0.1, 0.15) is 34.9 Å². The first-order valence-corrected chi connectivity index (χ1v) is 6.80. The van der Waals surface area contributed by atoms with Gasteiger partial charge in [0.1, 0.15) is 0 Å². The quantitative estimate of drug-likeness (QED) is 0.782. The van der Waals surface area contributed by atoms with E-state index >= 15 is 0 Å². The normalized spacial score (nSPS) is 16.2. The molecule has 0 saturated carbocycles. The number of carbonyl (C=O) groups is 1. The molecule has 0 aliphatic carbocycles. The van der Waals surface area contributed by atoms with Gasteiger partial charge in [0.2, 0.25) is 0 Å². The highest BCUT2D eigenvalue weighted by Gasteiger charge is 2.17. The Labute approximate surface area is 116 Å². The van der Waals surface area contributed by atoms with E-state index in [9.17, 15) is 4.79 Å². The zero-order chi connectivity index (χ0) is 13.9. The van der Waals surface area contributed by atoms with E-state index in [1.807, 2.05) is 17.8 Å². The number of nitrogens with one attached hydrogen (secondary N) is 3. The first-order chi connectivity index (χ1) is 9.74. The van der Waals surface area contributed by atoms with Crippen LogP contribution in [-0.4, -0.2) is 39.0 Å². The number of nitrogens with zero attached hydrogens (tertiary/aromatic N) is 3. The summed E-state index contributed by atoms with van der Waals surface area (Å²) in [6.07, 6.45) is 7.24. The van der Waals surface area contributed by atoms with E-state index in [1.165, 1.54) is 6.20 Å². The van der Waals surface area contributed by atoms with Gasteiger partial charge in [0.15, 0.2) is 0 Å². The predicted octanol–water partition coefficient (Wildman–Crippen LogP) is 1.09. The zero-order valence-electron chi connectivity index (χ0n) is 11.4. The second-order valence-corrected chi connectivity index (χ2v) is 5.05. The summed E-state index contributed by atoms with van der Waals surface area (Å²) in [7, 11) is 0. The molecule has 20 heavy (non-hydrogen) atoms. The highest BCUT2D eigenvalue weighted by Crippen LogP contribution is 2.19. The fraction of sp³-hybridized carbons (Fsp3) is 0.462. The number of hydrogen-bond acceptors (Lipinski definition) is 4. The fourth-order valence-electron chi connectivity index (χ4n) is 2.45. The van der Waals surface area contributed by atoms with Gasteiger partial charge in [0, 0.05) is 11.9 Å². The number of amides is 1. The number of aromatic nitrogens is 4. The Morgan fingerprint density at radius 1 is 1.40 bits per heavy atom. The molecule has 106 valence electrons. The molecule has 0 spiro atoms. The van der Waals surface area contributed by atoms with E-state index in [-0.39, 0.29) is 5.91 Å². The zero-order valence-corrected chi connectivity index (χ0v) is 11.4. The molecule has 0 atom stereocenters.